The number of nitrogens with two attached hydrogens (primary N) is 1. The van der Waals surface area contributed by atoms with Gasteiger partial charge in [0.05, 0.1) is 5.01 Å². The molecule has 2 heterocycles. The van der Waals surface area contributed by atoms with E-state index in [4.69, 9.17) is 5.73 Å². The molecule has 1 atom stereocenters. The molecule has 80 valence electrons. The number of anilines is 1. The molecule has 0 aliphatic heterocycles. The SMILES string of the molecule is Cc1nc2ccc(NCC(C)N)nc2s1. The van der Waals surface area contributed by atoms with Crippen LogP contribution < -0.4 is 11.1 Å². The van der Waals surface area contributed by atoms with Crippen molar-refractivity contribution in [3.05, 3.63) is 17.1 Å². The topological polar surface area (TPSA) is 63.8 Å². The van der Waals surface area contributed by atoms with Gasteiger partial charge >= 0.3 is 0 Å². The van der Waals surface area contributed by atoms with Crippen LogP contribution in [0.3, 0.4) is 0 Å². The molecule has 0 aromatic carbocycles. The van der Waals surface area contributed by atoms with E-state index < -0.39 is 0 Å². The number of hydrogen-bond acceptors (Lipinski definition) is 5. The molecule has 0 saturated heterocycles. The highest BCUT2D eigenvalue weighted by Gasteiger charge is 2.03. The smallest absolute Gasteiger partial charge is 0.145 e. The highest BCUT2D eigenvalue weighted by Crippen LogP contribution is 2.20. The van der Waals surface area contributed by atoms with Crippen molar-refractivity contribution in [1.82, 2.24) is 9.97 Å². The van der Waals surface area contributed by atoms with Crippen molar-refractivity contribution in [3.8, 4) is 0 Å². The number of nitrogens with zero attached hydrogens (tertiary/aromatic N) is 2. The Balaban J connectivity index is 2.22. The monoisotopic (exact) mass is 222 g/mol. The first-order valence-electron chi connectivity index (χ1n) is 4.89. The van der Waals surface area contributed by atoms with Gasteiger partial charge in [-0.15, -0.1) is 0 Å². The molecular weight excluding hydrogens is 208 g/mol. The number of nitrogens with one attached hydrogen (secondary N) is 1. The summed E-state index contributed by atoms with van der Waals surface area (Å²) in [5.74, 6) is 0.864. The van der Waals surface area contributed by atoms with E-state index in [2.05, 4.69) is 15.3 Å². The van der Waals surface area contributed by atoms with Crippen molar-refractivity contribution < 1.29 is 0 Å². The number of rotatable bonds is 3. The van der Waals surface area contributed by atoms with Gasteiger partial charge in [0.1, 0.15) is 16.2 Å². The molecule has 0 amide bonds. The average Bonchev–Trinajstić information content (AvgIpc) is 2.53. The molecule has 0 aliphatic carbocycles. The number of thiazole rings is 1. The lowest BCUT2D eigenvalue weighted by atomic mass is 10.3. The zero-order chi connectivity index (χ0) is 10.8. The minimum Gasteiger partial charge on any atom is -0.368 e. The van der Waals surface area contributed by atoms with E-state index in [1.54, 1.807) is 11.3 Å². The van der Waals surface area contributed by atoms with Crippen molar-refractivity contribution in [3.63, 3.8) is 0 Å². The Kier molecular flexibility index (Phi) is 2.83. The van der Waals surface area contributed by atoms with Gasteiger partial charge in [0.25, 0.3) is 0 Å². The fourth-order valence-electron chi connectivity index (χ4n) is 1.29. The van der Waals surface area contributed by atoms with Gasteiger partial charge in [-0.3, -0.25) is 0 Å². The van der Waals surface area contributed by atoms with Gasteiger partial charge in [-0.05, 0) is 26.0 Å². The summed E-state index contributed by atoms with van der Waals surface area (Å²) in [6.07, 6.45) is 0. The lowest BCUT2D eigenvalue weighted by Gasteiger charge is -2.07. The summed E-state index contributed by atoms with van der Waals surface area (Å²) in [6, 6.07) is 4.05. The van der Waals surface area contributed by atoms with Gasteiger partial charge in [-0.1, -0.05) is 11.3 Å². The molecule has 2 aromatic rings. The van der Waals surface area contributed by atoms with Gasteiger partial charge in [0, 0.05) is 12.6 Å². The number of aromatic nitrogens is 2. The molecule has 1 unspecified atom stereocenters. The highest BCUT2D eigenvalue weighted by molar-refractivity contribution is 7.18. The fourth-order valence-corrected chi connectivity index (χ4v) is 2.08. The highest BCUT2D eigenvalue weighted by atomic mass is 32.1. The standard InChI is InChI=1S/C10H14N4S/c1-6(11)5-12-9-4-3-8-10(14-9)15-7(2)13-8/h3-4,6H,5,11H2,1-2H3,(H,12,14). The molecule has 0 spiro atoms. The number of hydrogen-bond donors (Lipinski definition) is 2. The molecule has 5 heteroatoms. The number of fused-ring (bicyclic) bond motifs is 1. The van der Waals surface area contributed by atoms with Crippen molar-refractivity contribution in [2.45, 2.75) is 19.9 Å². The maximum Gasteiger partial charge on any atom is 0.145 e. The molecule has 0 bridgehead atoms. The molecule has 0 radical (unpaired) electrons. The first-order chi connectivity index (χ1) is 7.15. The molecule has 0 saturated carbocycles. The van der Waals surface area contributed by atoms with E-state index in [0.29, 0.717) is 0 Å². The minimum absolute atomic E-state index is 0.130. The third-order valence-corrected chi connectivity index (χ3v) is 2.85. The Hall–Kier alpha value is -1.20. The molecule has 2 rings (SSSR count). The summed E-state index contributed by atoms with van der Waals surface area (Å²) in [4.78, 5) is 9.78. The van der Waals surface area contributed by atoms with Crippen LogP contribution in [0.5, 0.6) is 0 Å². The van der Waals surface area contributed by atoms with Crippen molar-refractivity contribution in [2.75, 3.05) is 11.9 Å². The lowest BCUT2D eigenvalue weighted by molar-refractivity contribution is 0.778. The number of aryl methyl sites for hydroxylation is 1. The van der Waals surface area contributed by atoms with E-state index in [1.165, 1.54) is 0 Å². The maximum absolute atomic E-state index is 5.66. The van der Waals surface area contributed by atoms with Gasteiger partial charge in [-0.2, -0.15) is 0 Å². The van der Waals surface area contributed by atoms with Crippen LogP contribution in [0.1, 0.15) is 11.9 Å². The predicted molar refractivity (Wildman–Crippen MR) is 64.3 cm³/mol. The van der Waals surface area contributed by atoms with Crippen LogP contribution in [-0.2, 0) is 0 Å². The van der Waals surface area contributed by atoms with Crippen LogP contribution in [-0.4, -0.2) is 22.6 Å². The Morgan fingerprint density at radius 1 is 1.47 bits per heavy atom. The van der Waals surface area contributed by atoms with Gasteiger partial charge in [0.15, 0.2) is 0 Å². The van der Waals surface area contributed by atoms with Gasteiger partial charge in [0.2, 0.25) is 0 Å². The van der Waals surface area contributed by atoms with Crippen LogP contribution in [0, 0.1) is 6.92 Å². The summed E-state index contributed by atoms with van der Waals surface area (Å²) in [7, 11) is 0. The summed E-state index contributed by atoms with van der Waals surface area (Å²) < 4.78 is 0. The third-order valence-electron chi connectivity index (χ3n) is 1.97. The zero-order valence-electron chi connectivity index (χ0n) is 8.82. The van der Waals surface area contributed by atoms with E-state index in [0.717, 1.165) is 27.7 Å². The lowest BCUT2D eigenvalue weighted by Crippen LogP contribution is -2.25. The Bertz CT molecular complexity index is 463. The maximum atomic E-state index is 5.66. The van der Waals surface area contributed by atoms with E-state index in [9.17, 15) is 0 Å². The Morgan fingerprint density at radius 3 is 3.00 bits per heavy atom. The summed E-state index contributed by atoms with van der Waals surface area (Å²) in [6.45, 7) is 4.68. The zero-order valence-corrected chi connectivity index (χ0v) is 9.64. The minimum atomic E-state index is 0.130. The van der Waals surface area contributed by atoms with Gasteiger partial charge in [-0.25, -0.2) is 9.97 Å². The number of pyridine rings is 1. The van der Waals surface area contributed by atoms with Crippen LogP contribution >= 0.6 is 11.3 Å². The predicted octanol–water partition coefficient (Wildman–Crippen LogP) is 1.76. The Morgan fingerprint density at radius 2 is 2.27 bits per heavy atom. The summed E-state index contributed by atoms with van der Waals surface area (Å²) in [5.41, 5.74) is 6.62. The van der Waals surface area contributed by atoms with Crippen LogP contribution in [0.15, 0.2) is 12.1 Å². The van der Waals surface area contributed by atoms with Crippen LogP contribution in [0.2, 0.25) is 0 Å². The van der Waals surface area contributed by atoms with E-state index in [-0.39, 0.29) is 6.04 Å². The normalized spacial score (nSPS) is 13.0. The van der Waals surface area contributed by atoms with Gasteiger partial charge < -0.3 is 11.1 Å². The van der Waals surface area contributed by atoms with E-state index >= 15 is 0 Å². The van der Waals surface area contributed by atoms with E-state index in [1.807, 2.05) is 26.0 Å². The summed E-state index contributed by atoms with van der Waals surface area (Å²) >= 11 is 1.61. The van der Waals surface area contributed by atoms with Crippen LogP contribution in [0.25, 0.3) is 10.3 Å². The first kappa shape index (κ1) is 10.3. The molecule has 2 aromatic heterocycles. The molecule has 15 heavy (non-hydrogen) atoms. The second-order valence-corrected chi connectivity index (χ2v) is 4.79. The fraction of sp³-hybridized carbons (Fsp3) is 0.400. The molecule has 0 aliphatic rings. The second kappa shape index (κ2) is 4.12. The summed E-state index contributed by atoms with van der Waals surface area (Å²) in [5, 5.41) is 4.23. The van der Waals surface area contributed by atoms with Crippen LogP contribution in [0.4, 0.5) is 5.82 Å². The Labute approximate surface area is 92.5 Å². The average molecular weight is 222 g/mol. The largest absolute Gasteiger partial charge is 0.368 e. The van der Waals surface area contributed by atoms with Crippen molar-refractivity contribution in [1.29, 1.82) is 0 Å². The molecule has 3 N–H and O–H groups in total. The quantitative estimate of drug-likeness (QED) is 0.830. The second-order valence-electron chi connectivity index (χ2n) is 3.61. The van der Waals surface area contributed by atoms with Crippen molar-refractivity contribution >= 4 is 27.5 Å². The molecular formula is C10H14N4S. The third kappa shape index (κ3) is 2.43. The molecule has 4 nitrogen and oxygen atoms in total. The van der Waals surface area contributed by atoms with Crippen molar-refractivity contribution in [2.24, 2.45) is 5.73 Å². The molecule has 0 fully saturated rings. The first-order valence-corrected chi connectivity index (χ1v) is 5.70.